The zero-order valence-corrected chi connectivity index (χ0v) is 11.0. The van der Waals surface area contributed by atoms with Crippen LogP contribution in [0.5, 0.6) is 0 Å². The second-order valence-electron chi connectivity index (χ2n) is 4.28. The summed E-state index contributed by atoms with van der Waals surface area (Å²) in [6, 6.07) is 1.97. The lowest BCUT2D eigenvalue weighted by Crippen LogP contribution is -2.07. The van der Waals surface area contributed by atoms with Crippen LogP contribution in [0.1, 0.15) is 19.8 Å². The molecule has 0 aliphatic rings. The molecular weight excluding hydrogens is 228 g/mol. The van der Waals surface area contributed by atoms with E-state index in [2.05, 4.69) is 22.2 Å². The molecular formula is C13H20N4O. The van der Waals surface area contributed by atoms with Crippen molar-refractivity contribution in [2.24, 2.45) is 7.05 Å². The van der Waals surface area contributed by atoms with Crippen molar-refractivity contribution in [3.63, 3.8) is 0 Å². The minimum Gasteiger partial charge on any atom is -0.381 e. The van der Waals surface area contributed by atoms with Crippen molar-refractivity contribution in [3.05, 3.63) is 18.6 Å². The van der Waals surface area contributed by atoms with E-state index in [-0.39, 0.29) is 0 Å². The van der Waals surface area contributed by atoms with Gasteiger partial charge >= 0.3 is 0 Å². The van der Waals surface area contributed by atoms with Crippen LogP contribution in [0.2, 0.25) is 0 Å². The number of aryl methyl sites for hydroxylation is 1. The average Bonchev–Trinajstić information content (AvgIpc) is 2.77. The molecule has 0 aliphatic carbocycles. The molecule has 18 heavy (non-hydrogen) atoms. The van der Waals surface area contributed by atoms with Crippen molar-refractivity contribution in [1.82, 2.24) is 14.5 Å². The van der Waals surface area contributed by atoms with Crippen LogP contribution in [-0.4, -0.2) is 34.3 Å². The molecule has 0 spiro atoms. The summed E-state index contributed by atoms with van der Waals surface area (Å²) < 4.78 is 7.42. The number of aromatic nitrogens is 3. The van der Waals surface area contributed by atoms with E-state index in [0.29, 0.717) is 0 Å². The molecule has 0 aromatic carbocycles. The fraction of sp³-hybridized carbons (Fsp3) is 0.538. The summed E-state index contributed by atoms with van der Waals surface area (Å²) in [5.74, 6) is 0.851. The Morgan fingerprint density at radius 3 is 3.06 bits per heavy atom. The summed E-state index contributed by atoms with van der Waals surface area (Å²) in [7, 11) is 1.98. The highest BCUT2D eigenvalue weighted by atomic mass is 16.5. The van der Waals surface area contributed by atoms with Crippen molar-refractivity contribution in [2.45, 2.75) is 19.8 Å². The van der Waals surface area contributed by atoms with Crippen LogP contribution in [0.25, 0.3) is 11.0 Å². The Hall–Kier alpha value is -1.62. The number of nitrogens with one attached hydrogen (secondary N) is 1. The molecule has 2 heterocycles. The standard InChI is InChI=1S/C13H20N4O/c1-3-8-18-9-4-6-14-13-12-11(5-7-15-13)17(2)10-16-12/h5,7,10H,3-4,6,8-9H2,1-2H3,(H,14,15). The molecule has 0 saturated heterocycles. The summed E-state index contributed by atoms with van der Waals surface area (Å²) in [5, 5.41) is 3.31. The number of ether oxygens (including phenoxy) is 1. The van der Waals surface area contributed by atoms with Gasteiger partial charge in [0, 0.05) is 33.0 Å². The van der Waals surface area contributed by atoms with Gasteiger partial charge in [0.15, 0.2) is 5.82 Å². The molecule has 2 rings (SSSR count). The first-order valence-corrected chi connectivity index (χ1v) is 6.40. The van der Waals surface area contributed by atoms with E-state index in [1.54, 1.807) is 6.20 Å². The van der Waals surface area contributed by atoms with Gasteiger partial charge in [-0.3, -0.25) is 0 Å². The van der Waals surface area contributed by atoms with Gasteiger partial charge in [0.2, 0.25) is 0 Å². The monoisotopic (exact) mass is 248 g/mol. The first-order chi connectivity index (χ1) is 8.83. The minimum absolute atomic E-state index is 0.791. The second kappa shape index (κ2) is 6.35. The molecule has 0 aliphatic heterocycles. The molecule has 5 nitrogen and oxygen atoms in total. The molecule has 98 valence electrons. The zero-order valence-electron chi connectivity index (χ0n) is 11.0. The summed E-state index contributed by atoms with van der Waals surface area (Å²) in [4.78, 5) is 8.68. The summed E-state index contributed by atoms with van der Waals surface area (Å²) in [5.41, 5.74) is 2.02. The highest BCUT2D eigenvalue weighted by molar-refractivity contribution is 5.85. The van der Waals surface area contributed by atoms with Crippen molar-refractivity contribution in [1.29, 1.82) is 0 Å². The molecule has 0 fully saturated rings. The van der Waals surface area contributed by atoms with Crippen LogP contribution in [0.4, 0.5) is 5.82 Å². The lowest BCUT2D eigenvalue weighted by Gasteiger charge is -2.06. The maximum atomic E-state index is 5.43. The van der Waals surface area contributed by atoms with Crippen LogP contribution >= 0.6 is 0 Å². The molecule has 0 saturated carbocycles. The van der Waals surface area contributed by atoms with Crippen molar-refractivity contribution in [2.75, 3.05) is 25.1 Å². The van der Waals surface area contributed by atoms with Gasteiger partial charge < -0.3 is 14.6 Å². The van der Waals surface area contributed by atoms with Crippen LogP contribution in [-0.2, 0) is 11.8 Å². The first kappa shape index (κ1) is 12.8. The van der Waals surface area contributed by atoms with Crippen LogP contribution in [0.3, 0.4) is 0 Å². The van der Waals surface area contributed by atoms with Crippen LogP contribution in [0.15, 0.2) is 18.6 Å². The normalized spacial score (nSPS) is 11.0. The fourth-order valence-electron chi connectivity index (χ4n) is 1.82. The Kier molecular flexibility index (Phi) is 4.52. The second-order valence-corrected chi connectivity index (χ2v) is 4.28. The molecule has 1 N–H and O–H groups in total. The number of pyridine rings is 1. The number of imidazole rings is 1. The van der Waals surface area contributed by atoms with Gasteiger partial charge in [0.25, 0.3) is 0 Å². The maximum absolute atomic E-state index is 5.43. The van der Waals surface area contributed by atoms with Gasteiger partial charge in [-0.15, -0.1) is 0 Å². The molecule has 0 unspecified atom stereocenters. The van der Waals surface area contributed by atoms with E-state index >= 15 is 0 Å². The first-order valence-electron chi connectivity index (χ1n) is 6.40. The van der Waals surface area contributed by atoms with E-state index in [4.69, 9.17) is 4.74 Å². The molecule has 0 radical (unpaired) electrons. The Bertz CT molecular complexity index is 495. The third-order valence-corrected chi connectivity index (χ3v) is 2.75. The number of hydrogen-bond donors (Lipinski definition) is 1. The predicted molar refractivity (Wildman–Crippen MR) is 72.7 cm³/mol. The van der Waals surface area contributed by atoms with E-state index < -0.39 is 0 Å². The van der Waals surface area contributed by atoms with E-state index in [0.717, 1.165) is 49.5 Å². The minimum atomic E-state index is 0.791. The zero-order chi connectivity index (χ0) is 12.8. The van der Waals surface area contributed by atoms with Crippen LogP contribution in [0, 0.1) is 0 Å². The highest BCUT2D eigenvalue weighted by Crippen LogP contribution is 2.18. The molecule has 0 atom stereocenters. The lowest BCUT2D eigenvalue weighted by molar-refractivity contribution is 0.134. The van der Waals surface area contributed by atoms with Gasteiger partial charge in [-0.1, -0.05) is 6.92 Å². The third-order valence-electron chi connectivity index (χ3n) is 2.75. The Labute approximate surface area is 107 Å². The number of anilines is 1. The van der Waals surface area contributed by atoms with Crippen molar-refractivity contribution < 1.29 is 4.74 Å². The summed E-state index contributed by atoms with van der Waals surface area (Å²) >= 11 is 0. The Morgan fingerprint density at radius 2 is 2.22 bits per heavy atom. The van der Waals surface area contributed by atoms with E-state index in [1.165, 1.54) is 0 Å². The molecule has 0 bridgehead atoms. The molecule has 0 amide bonds. The molecule has 2 aromatic heterocycles. The van der Waals surface area contributed by atoms with Crippen molar-refractivity contribution >= 4 is 16.9 Å². The number of fused-ring (bicyclic) bond motifs is 1. The summed E-state index contributed by atoms with van der Waals surface area (Å²) in [6.07, 6.45) is 5.66. The highest BCUT2D eigenvalue weighted by Gasteiger charge is 2.05. The van der Waals surface area contributed by atoms with Gasteiger partial charge in [-0.25, -0.2) is 9.97 Å². The third kappa shape index (κ3) is 2.98. The SMILES string of the molecule is CCCOCCCNc1nccc2c1ncn2C. The number of hydrogen-bond acceptors (Lipinski definition) is 4. The predicted octanol–water partition coefficient (Wildman–Crippen LogP) is 2.20. The topological polar surface area (TPSA) is 52.0 Å². The number of nitrogens with zero attached hydrogens (tertiary/aromatic N) is 3. The summed E-state index contributed by atoms with van der Waals surface area (Å²) in [6.45, 7) is 4.60. The lowest BCUT2D eigenvalue weighted by atomic mass is 10.3. The molecule has 2 aromatic rings. The average molecular weight is 248 g/mol. The van der Waals surface area contributed by atoms with Gasteiger partial charge in [0.1, 0.15) is 5.52 Å². The maximum Gasteiger partial charge on any atom is 0.154 e. The smallest absolute Gasteiger partial charge is 0.154 e. The van der Waals surface area contributed by atoms with Gasteiger partial charge in [-0.05, 0) is 18.9 Å². The van der Waals surface area contributed by atoms with Crippen molar-refractivity contribution in [3.8, 4) is 0 Å². The van der Waals surface area contributed by atoms with Gasteiger partial charge in [-0.2, -0.15) is 0 Å². The van der Waals surface area contributed by atoms with Gasteiger partial charge in [0.05, 0.1) is 11.8 Å². The largest absolute Gasteiger partial charge is 0.381 e. The fourth-order valence-corrected chi connectivity index (χ4v) is 1.82. The number of rotatable bonds is 7. The van der Waals surface area contributed by atoms with Crippen LogP contribution < -0.4 is 5.32 Å². The quantitative estimate of drug-likeness (QED) is 0.763. The Morgan fingerprint density at radius 1 is 1.33 bits per heavy atom. The van der Waals surface area contributed by atoms with E-state index in [1.807, 2.05) is 24.0 Å². The van der Waals surface area contributed by atoms with E-state index in [9.17, 15) is 0 Å². The Balaban J connectivity index is 1.88. The molecule has 5 heteroatoms.